The fourth-order valence-electron chi connectivity index (χ4n) is 1.63. The van der Waals surface area contributed by atoms with Crippen molar-refractivity contribution in [3.05, 3.63) is 64.4 Å². The van der Waals surface area contributed by atoms with Crippen molar-refractivity contribution in [1.29, 1.82) is 0 Å². The Morgan fingerprint density at radius 2 is 2.10 bits per heavy atom. The normalized spacial score (nSPS) is 10.2. The fourth-order valence-corrected chi connectivity index (χ4v) is 1.87. The van der Waals surface area contributed by atoms with Gasteiger partial charge in [-0.2, -0.15) is 0 Å². The molecule has 0 aliphatic heterocycles. The zero-order chi connectivity index (χ0) is 14.5. The van der Waals surface area contributed by atoms with Gasteiger partial charge in [0.2, 0.25) is 0 Å². The molecule has 2 aromatic carbocycles. The number of hydrogen-bond donors (Lipinski definition) is 2. The minimum absolute atomic E-state index is 0.180. The van der Waals surface area contributed by atoms with Crippen LogP contribution in [-0.2, 0) is 6.61 Å². The SMILES string of the molecule is NNC(=O)c1ccc(OCc2cccc(F)c2)c(Cl)c1. The number of nitrogen functional groups attached to an aromatic ring is 1. The van der Waals surface area contributed by atoms with Crippen LogP contribution in [0, 0.1) is 5.82 Å². The van der Waals surface area contributed by atoms with Crippen LogP contribution >= 0.6 is 11.6 Å². The lowest BCUT2D eigenvalue weighted by atomic mass is 10.2. The Bertz CT molecular complexity index is 634. The average molecular weight is 295 g/mol. The molecule has 0 bridgehead atoms. The first-order valence-electron chi connectivity index (χ1n) is 5.78. The van der Waals surface area contributed by atoms with E-state index < -0.39 is 5.91 Å². The Morgan fingerprint density at radius 1 is 1.30 bits per heavy atom. The van der Waals surface area contributed by atoms with E-state index >= 15 is 0 Å². The number of carbonyl (C=O) groups excluding carboxylic acids is 1. The number of halogens is 2. The molecule has 0 saturated carbocycles. The van der Waals surface area contributed by atoms with E-state index in [9.17, 15) is 9.18 Å². The molecule has 104 valence electrons. The summed E-state index contributed by atoms with van der Waals surface area (Å²) in [6.07, 6.45) is 0. The van der Waals surface area contributed by atoms with Gasteiger partial charge in [-0.3, -0.25) is 10.2 Å². The number of hydrogen-bond acceptors (Lipinski definition) is 3. The third kappa shape index (κ3) is 3.46. The topological polar surface area (TPSA) is 64.3 Å². The maximum atomic E-state index is 13.0. The van der Waals surface area contributed by atoms with Crippen molar-refractivity contribution in [2.75, 3.05) is 0 Å². The summed E-state index contributed by atoms with van der Waals surface area (Å²) in [5, 5.41) is 0.280. The van der Waals surface area contributed by atoms with Gasteiger partial charge in [-0.05, 0) is 35.9 Å². The lowest BCUT2D eigenvalue weighted by molar-refractivity contribution is 0.0953. The van der Waals surface area contributed by atoms with Crippen LogP contribution in [0.2, 0.25) is 5.02 Å². The van der Waals surface area contributed by atoms with Crippen LogP contribution in [-0.4, -0.2) is 5.91 Å². The summed E-state index contributed by atoms with van der Waals surface area (Å²) in [6, 6.07) is 10.6. The van der Waals surface area contributed by atoms with Crippen molar-refractivity contribution in [1.82, 2.24) is 5.43 Å². The molecule has 0 atom stereocenters. The standard InChI is InChI=1S/C14H12ClFN2O2/c15-12-7-10(14(19)18-17)4-5-13(12)20-8-9-2-1-3-11(16)6-9/h1-7H,8,17H2,(H,18,19). The molecule has 0 saturated heterocycles. The summed E-state index contributed by atoms with van der Waals surface area (Å²) in [5.41, 5.74) is 3.03. The van der Waals surface area contributed by atoms with Gasteiger partial charge in [-0.15, -0.1) is 0 Å². The largest absolute Gasteiger partial charge is 0.487 e. The molecule has 20 heavy (non-hydrogen) atoms. The van der Waals surface area contributed by atoms with E-state index in [0.717, 1.165) is 0 Å². The Morgan fingerprint density at radius 3 is 2.75 bits per heavy atom. The summed E-state index contributed by atoms with van der Waals surface area (Å²) >= 11 is 6.01. The predicted octanol–water partition coefficient (Wildman–Crippen LogP) is 2.66. The van der Waals surface area contributed by atoms with Gasteiger partial charge in [-0.25, -0.2) is 10.2 Å². The van der Waals surface area contributed by atoms with Crippen LogP contribution in [0.3, 0.4) is 0 Å². The van der Waals surface area contributed by atoms with Crippen LogP contribution in [0.4, 0.5) is 4.39 Å². The summed E-state index contributed by atoms with van der Waals surface area (Å²) in [4.78, 5) is 11.3. The predicted molar refractivity (Wildman–Crippen MR) is 73.8 cm³/mol. The monoisotopic (exact) mass is 294 g/mol. The number of amides is 1. The lowest BCUT2D eigenvalue weighted by Gasteiger charge is -2.09. The highest BCUT2D eigenvalue weighted by molar-refractivity contribution is 6.32. The Hall–Kier alpha value is -2.11. The molecule has 0 unspecified atom stereocenters. The first-order valence-corrected chi connectivity index (χ1v) is 6.15. The molecule has 4 nitrogen and oxygen atoms in total. The second kappa shape index (κ2) is 6.36. The van der Waals surface area contributed by atoms with Gasteiger partial charge in [0.15, 0.2) is 0 Å². The van der Waals surface area contributed by atoms with E-state index in [2.05, 4.69) is 0 Å². The van der Waals surface area contributed by atoms with Crippen LogP contribution in [0.15, 0.2) is 42.5 Å². The van der Waals surface area contributed by atoms with E-state index in [1.807, 2.05) is 5.43 Å². The molecule has 1 amide bonds. The molecule has 0 heterocycles. The van der Waals surface area contributed by atoms with Crippen molar-refractivity contribution >= 4 is 17.5 Å². The molecule has 2 rings (SSSR count). The van der Waals surface area contributed by atoms with Crippen molar-refractivity contribution in [2.45, 2.75) is 6.61 Å². The van der Waals surface area contributed by atoms with Crippen LogP contribution in [0.1, 0.15) is 15.9 Å². The van der Waals surface area contributed by atoms with Gasteiger partial charge in [-0.1, -0.05) is 23.7 Å². The highest BCUT2D eigenvalue weighted by Gasteiger charge is 2.08. The number of nitrogens with one attached hydrogen (secondary N) is 1. The van der Waals surface area contributed by atoms with Crippen molar-refractivity contribution in [2.24, 2.45) is 5.84 Å². The molecule has 6 heteroatoms. The first kappa shape index (κ1) is 14.3. The maximum absolute atomic E-state index is 13.0. The highest BCUT2D eigenvalue weighted by atomic mass is 35.5. The molecule has 0 aliphatic carbocycles. The van der Waals surface area contributed by atoms with Gasteiger partial charge >= 0.3 is 0 Å². The quantitative estimate of drug-likeness (QED) is 0.518. The van der Waals surface area contributed by atoms with Gasteiger partial charge in [0.1, 0.15) is 18.2 Å². The smallest absolute Gasteiger partial charge is 0.265 e. The molecule has 0 aromatic heterocycles. The van der Waals surface area contributed by atoms with Crippen molar-refractivity contribution in [3.8, 4) is 5.75 Å². The Labute approximate surface area is 120 Å². The number of rotatable bonds is 4. The third-order valence-electron chi connectivity index (χ3n) is 2.61. The van der Waals surface area contributed by atoms with Crippen LogP contribution in [0.25, 0.3) is 0 Å². The molecular formula is C14H12ClFN2O2. The molecular weight excluding hydrogens is 283 g/mol. The zero-order valence-electron chi connectivity index (χ0n) is 10.4. The summed E-state index contributed by atoms with van der Waals surface area (Å²) in [6.45, 7) is 0.180. The van der Waals surface area contributed by atoms with E-state index in [4.69, 9.17) is 22.2 Å². The maximum Gasteiger partial charge on any atom is 0.265 e. The Balaban J connectivity index is 2.08. The molecule has 0 radical (unpaired) electrons. The van der Waals surface area contributed by atoms with Crippen LogP contribution in [0.5, 0.6) is 5.75 Å². The minimum Gasteiger partial charge on any atom is -0.487 e. The summed E-state index contributed by atoms with van der Waals surface area (Å²) in [7, 11) is 0. The van der Waals surface area contributed by atoms with E-state index in [1.165, 1.54) is 24.3 Å². The summed E-state index contributed by atoms with van der Waals surface area (Å²) < 4.78 is 18.5. The molecule has 0 spiro atoms. The molecule has 3 N–H and O–H groups in total. The minimum atomic E-state index is -0.441. The van der Waals surface area contributed by atoms with Crippen molar-refractivity contribution in [3.63, 3.8) is 0 Å². The second-order valence-electron chi connectivity index (χ2n) is 4.04. The Kier molecular flexibility index (Phi) is 4.55. The average Bonchev–Trinajstić information content (AvgIpc) is 2.45. The van der Waals surface area contributed by atoms with Gasteiger partial charge in [0, 0.05) is 5.56 Å². The molecule has 0 aliphatic rings. The highest BCUT2D eigenvalue weighted by Crippen LogP contribution is 2.26. The molecule has 2 aromatic rings. The third-order valence-corrected chi connectivity index (χ3v) is 2.90. The van der Waals surface area contributed by atoms with Crippen LogP contribution < -0.4 is 16.0 Å². The van der Waals surface area contributed by atoms with Gasteiger partial charge in [0.25, 0.3) is 5.91 Å². The summed E-state index contributed by atoms with van der Waals surface area (Å²) in [5.74, 6) is 4.67. The number of hydrazine groups is 1. The van der Waals surface area contributed by atoms with Gasteiger partial charge < -0.3 is 4.74 Å². The molecule has 0 fully saturated rings. The van der Waals surface area contributed by atoms with E-state index in [0.29, 0.717) is 16.9 Å². The zero-order valence-corrected chi connectivity index (χ0v) is 11.2. The number of carbonyl (C=O) groups is 1. The fraction of sp³-hybridized carbons (Fsp3) is 0.0714. The number of benzene rings is 2. The van der Waals surface area contributed by atoms with Crippen molar-refractivity contribution < 1.29 is 13.9 Å². The lowest BCUT2D eigenvalue weighted by Crippen LogP contribution is -2.29. The first-order chi connectivity index (χ1) is 9.60. The van der Waals surface area contributed by atoms with Gasteiger partial charge in [0.05, 0.1) is 5.02 Å². The second-order valence-corrected chi connectivity index (χ2v) is 4.44. The number of nitrogens with two attached hydrogens (primary N) is 1. The number of ether oxygens (including phenoxy) is 1. The van der Waals surface area contributed by atoms with E-state index in [1.54, 1.807) is 18.2 Å². The van der Waals surface area contributed by atoms with E-state index in [-0.39, 0.29) is 17.4 Å².